The maximum absolute atomic E-state index is 13.3. The number of carbonyl (C=O) groups is 1. The fourth-order valence-corrected chi connectivity index (χ4v) is 9.10. The standard InChI is InChI=1S/C41H40ClN5O6S2/c1-53-34-13-15-35(16-14-34)54-23-20-43-38-18-17-36(25-40(38)47(49)50)55(51,52)44-41(48)30-9-19-39-29(24-30)8-12-33-27-45(21-22-46(33)39)26-31-4-2-3-5-37(31)28-6-10-32(42)11-7-28/h2-7,9-11,13-19,24-25,33,43H,8,12,20-23,26-27H2,1H3,(H,44,48)/t33-/m0/s1. The Kier molecular flexibility index (Phi) is 11.6. The van der Waals surface area contributed by atoms with Gasteiger partial charge in [0.1, 0.15) is 11.4 Å². The number of nitrogens with zero attached hydrogens (tertiary/aromatic N) is 3. The van der Waals surface area contributed by atoms with Crippen LogP contribution in [0, 0.1) is 10.1 Å². The number of benzene rings is 5. The molecule has 14 heteroatoms. The van der Waals surface area contributed by atoms with Crippen molar-refractivity contribution in [1.82, 2.24) is 9.62 Å². The molecule has 2 aliphatic rings. The second-order valence-electron chi connectivity index (χ2n) is 13.4. The zero-order chi connectivity index (χ0) is 38.5. The number of piperazine rings is 1. The maximum Gasteiger partial charge on any atom is 0.293 e. The van der Waals surface area contributed by atoms with Gasteiger partial charge in [-0.05, 0) is 102 Å². The topological polar surface area (TPSA) is 134 Å². The van der Waals surface area contributed by atoms with Gasteiger partial charge in [-0.25, -0.2) is 13.1 Å². The molecule has 0 unspecified atom stereocenters. The monoisotopic (exact) mass is 797 g/mol. The van der Waals surface area contributed by atoms with Gasteiger partial charge in [0.05, 0.1) is 16.9 Å². The van der Waals surface area contributed by atoms with Crippen LogP contribution in [-0.4, -0.2) is 69.2 Å². The van der Waals surface area contributed by atoms with E-state index in [4.69, 9.17) is 16.3 Å². The van der Waals surface area contributed by atoms with Crippen LogP contribution in [0.2, 0.25) is 5.02 Å². The van der Waals surface area contributed by atoms with Crippen LogP contribution in [0.3, 0.4) is 0 Å². The van der Waals surface area contributed by atoms with Gasteiger partial charge in [0.25, 0.3) is 21.6 Å². The van der Waals surface area contributed by atoms with Crippen molar-refractivity contribution in [2.75, 3.05) is 49.3 Å². The van der Waals surface area contributed by atoms with E-state index in [0.29, 0.717) is 23.4 Å². The number of rotatable bonds is 13. The molecule has 284 valence electrons. The maximum atomic E-state index is 13.3. The van der Waals surface area contributed by atoms with Crippen molar-refractivity contribution in [2.45, 2.75) is 35.2 Å². The van der Waals surface area contributed by atoms with Crippen molar-refractivity contribution in [3.8, 4) is 16.9 Å². The normalized spacial score (nSPS) is 15.5. The average Bonchev–Trinajstić information content (AvgIpc) is 3.19. The second kappa shape index (κ2) is 16.7. The highest BCUT2D eigenvalue weighted by Gasteiger charge is 2.33. The third-order valence-corrected chi connectivity index (χ3v) is 12.6. The summed E-state index contributed by atoms with van der Waals surface area (Å²) in [5.74, 6) is 0.563. The third-order valence-electron chi connectivity index (χ3n) is 9.98. The van der Waals surface area contributed by atoms with Crippen LogP contribution in [0.15, 0.2) is 119 Å². The zero-order valence-electron chi connectivity index (χ0n) is 30.1. The Balaban J connectivity index is 0.966. The second-order valence-corrected chi connectivity index (χ2v) is 16.7. The molecule has 11 nitrogen and oxygen atoms in total. The third kappa shape index (κ3) is 8.91. The Morgan fingerprint density at radius 1 is 0.982 bits per heavy atom. The summed E-state index contributed by atoms with van der Waals surface area (Å²) in [5.41, 5.74) is 5.62. The van der Waals surface area contributed by atoms with Crippen molar-refractivity contribution in [2.24, 2.45) is 0 Å². The Morgan fingerprint density at radius 2 is 1.76 bits per heavy atom. The summed E-state index contributed by atoms with van der Waals surface area (Å²) >= 11 is 7.70. The first-order chi connectivity index (χ1) is 26.6. The number of halogens is 1. The van der Waals surface area contributed by atoms with Crippen LogP contribution in [0.1, 0.15) is 27.9 Å². The summed E-state index contributed by atoms with van der Waals surface area (Å²) in [5, 5.41) is 15.7. The highest BCUT2D eigenvalue weighted by molar-refractivity contribution is 7.99. The number of nitro groups is 1. The van der Waals surface area contributed by atoms with Gasteiger partial charge in [-0.1, -0.05) is 48.0 Å². The molecule has 1 saturated heterocycles. The summed E-state index contributed by atoms with van der Waals surface area (Å²) in [4.78, 5) is 30.1. The molecule has 0 aromatic heterocycles. The number of methoxy groups -OCH3 is 1. The van der Waals surface area contributed by atoms with E-state index < -0.39 is 26.5 Å². The highest BCUT2D eigenvalue weighted by atomic mass is 35.5. The van der Waals surface area contributed by atoms with E-state index >= 15 is 0 Å². The molecule has 1 atom stereocenters. The van der Waals surface area contributed by atoms with Gasteiger partial charge in [-0.2, -0.15) is 0 Å². The lowest BCUT2D eigenvalue weighted by molar-refractivity contribution is -0.384. The number of aryl methyl sites for hydroxylation is 1. The SMILES string of the molecule is COc1ccc(SCCNc2ccc(S(=O)(=O)NC(=O)c3ccc4c(c3)CC[C@H]3CN(Cc5ccccc5-c5ccc(Cl)cc5)CCN43)cc2[N+](=O)[O-])cc1. The van der Waals surface area contributed by atoms with E-state index in [1.807, 2.05) is 42.5 Å². The molecule has 0 saturated carbocycles. The van der Waals surface area contributed by atoms with Crippen LogP contribution < -0.4 is 19.7 Å². The molecule has 5 aromatic rings. The molecule has 0 aliphatic carbocycles. The number of thioether (sulfide) groups is 1. The summed E-state index contributed by atoms with van der Waals surface area (Å²) in [6, 6.07) is 33.1. The van der Waals surface area contributed by atoms with Crippen LogP contribution in [0.25, 0.3) is 11.1 Å². The molecule has 55 heavy (non-hydrogen) atoms. The van der Waals surface area contributed by atoms with Gasteiger partial charge < -0.3 is 15.0 Å². The largest absolute Gasteiger partial charge is 0.497 e. The van der Waals surface area contributed by atoms with Gasteiger partial charge >= 0.3 is 0 Å². The number of nitro benzene ring substituents is 1. The van der Waals surface area contributed by atoms with Gasteiger partial charge in [0, 0.05) is 71.8 Å². The van der Waals surface area contributed by atoms with Crippen LogP contribution >= 0.6 is 23.4 Å². The molecular weight excluding hydrogens is 758 g/mol. The average molecular weight is 798 g/mol. The molecule has 7 rings (SSSR count). The minimum atomic E-state index is -4.41. The van der Waals surface area contributed by atoms with E-state index in [1.165, 1.54) is 23.3 Å². The molecule has 0 radical (unpaired) electrons. The first kappa shape index (κ1) is 38.2. The van der Waals surface area contributed by atoms with Gasteiger partial charge in [-0.3, -0.25) is 19.8 Å². The molecule has 5 aromatic carbocycles. The number of sulfonamides is 1. The molecule has 2 N–H and O–H groups in total. The van der Waals surface area contributed by atoms with E-state index in [-0.39, 0.29) is 16.1 Å². The lowest BCUT2D eigenvalue weighted by Crippen LogP contribution is -2.54. The van der Waals surface area contributed by atoms with E-state index in [9.17, 15) is 23.3 Å². The van der Waals surface area contributed by atoms with Crippen molar-refractivity contribution < 1.29 is 22.9 Å². The van der Waals surface area contributed by atoms with Crippen molar-refractivity contribution in [1.29, 1.82) is 0 Å². The number of amides is 1. The molecule has 0 spiro atoms. The van der Waals surface area contributed by atoms with Gasteiger partial charge in [-0.15, -0.1) is 11.8 Å². The predicted octanol–water partition coefficient (Wildman–Crippen LogP) is 7.88. The Hall–Kier alpha value is -5.08. The van der Waals surface area contributed by atoms with Gasteiger partial charge in [0.2, 0.25) is 0 Å². The number of fused-ring (bicyclic) bond motifs is 3. The van der Waals surface area contributed by atoms with Crippen molar-refractivity contribution >= 4 is 56.4 Å². The molecule has 1 amide bonds. The van der Waals surface area contributed by atoms with Gasteiger partial charge in [0.15, 0.2) is 0 Å². The van der Waals surface area contributed by atoms with Crippen LogP contribution in [0.4, 0.5) is 17.1 Å². The fraction of sp³-hybridized carbons (Fsp3) is 0.244. The number of anilines is 2. The minimum absolute atomic E-state index is 0.183. The van der Waals surface area contributed by atoms with E-state index in [1.54, 1.807) is 31.0 Å². The molecule has 0 bridgehead atoms. The van der Waals surface area contributed by atoms with Crippen molar-refractivity contribution in [3.63, 3.8) is 0 Å². The zero-order valence-corrected chi connectivity index (χ0v) is 32.5. The minimum Gasteiger partial charge on any atom is -0.497 e. The Morgan fingerprint density at radius 3 is 2.53 bits per heavy atom. The number of hydrogen-bond donors (Lipinski definition) is 2. The van der Waals surface area contributed by atoms with Crippen LogP contribution in [0.5, 0.6) is 5.75 Å². The number of nitrogens with one attached hydrogen (secondary N) is 2. The first-order valence-corrected chi connectivity index (χ1v) is 20.7. The highest BCUT2D eigenvalue weighted by Crippen LogP contribution is 2.35. The summed E-state index contributed by atoms with van der Waals surface area (Å²) in [7, 11) is -2.81. The first-order valence-electron chi connectivity index (χ1n) is 17.9. The quantitative estimate of drug-likeness (QED) is 0.0525. The molecule has 1 fully saturated rings. The number of carbonyl (C=O) groups excluding carboxylic acids is 1. The lowest BCUT2D eigenvalue weighted by atomic mass is 9.92. The van der Waals surface area contributed by atoms with E-state index in [0.717, 1.165) is 72.5 Å². The predicted molar refractivity (Wildman–Crippen MR) is 218 cm³/mol. The van der Waals surface area contributed by atoms with E-state index in [2.05, 4.69) is 56.2 Å². The lowest BCUT2D eigenvalue weighted by Gasteiger charge is -2.46. The Labute approximate surface area is 329 Å². The molecule has 2 aliphatic heterocycles. The smallest absolute Gasteiger partial charge is 0.293 e. The molecular formula is C41H40ClN5O6S2. The number of hydrogen-bond acceptors (Lipinski definition) is 10. The summed E-state index contributed by atoms with van der Waals surface area (Å²) in [6.07, 6.45) is 1.65. The van der Waals surface area contributed by atoms with Crippen molar-refractivity contribution in [3.05, 3.63) is 141 Å². The fourth-order valence-electron chi connectivity index (χ4n) is 7.21. The summed E-state index contributed by atoms with van der Waals surface area (Å²) < 4.78 is 33.9. The van der Waals surface area contributed by atoms with Crippen LogP contribution in [-0.2, 0) is 23.0 Å². The Bertz CT molecular complexity index is 2310. The molecule has 2 heterocycles. The summed E-state index contributed by atoms with van der Waals surface area (Å²) in [6.45, 7) is 3.82. The number of ether oxygens (including phenoxy) is 1.